The summed E-state index contributed by atoms with van der Waals surface area (Å²) in [6.07, 6.45) is 4.53. The number of benzene rings is 1. The number of nitrogens with zero attached hydrogens (tertiary/aromatic N) is 1. The maximum absolute atomic E-state index is 12.6. The van der Waals surface area contributed by atoms with Gasteiger partial charge < -0.3 is 0 Å². The summed E-state index contributed by atoms with van der Waals surface area (Å²) < 4.78 is 12.6. The van der Waals surface area contributed by atoms with Crippen molar-refractivity contribution < 1.29 is 4.39 Å². The number of thiazole rings is 1. The Morgan fingerprint density at radius 2 is 2.09 bits per heavy atom. The highest BCUT2D eigenvalue weighted by Gasteiger charge is 2.27. The first-order chi connectivity index (χ1) is 10.7. The Morgan fingerprint density at radius 1 is 1.27 bits per heavy atom. The molecule has 116 valence electrons. The number of alkyl halides is 1. The van der Waals surface area contributed by atoms with Crippen molar-refractivity contribution in [3.05, 3.63) is 57.6 Å². The summed E-state index contributed by atoms with van der Waals surface area (Å²) in [6.45, 7) is 4.18. The molecule has 1 aromatic carbocycles. The van der Waals surface area contributed by atoms with Crippen LogP contribution in [0.2, 0.25) is 0 Å². The Labute approximate surface area is 135 Å². The highest BCUT2D eigenvalue weighted by Crippen LogP contribution is 2.44. The Hall–Kier alpha value is -1.48. The number of halogens is 1. The summed E-state index contributed by atoms with van der Waals surface area (Å²) in [5.41, 5.74) is 5.68. The van der Waals surface area contributed by atoms with Crippen molar-refractivity contribution in [1.82, 2.24) is 4.98 Å². The zero-order valence-electron chi connectivity index (χ0n) is 13.2. The summed E-state index contributed by atoms with van der Waals surface area (Å²) in [7, 11) is 0. The van der Waals surface area contributed by atoms with Crippen LogP contribution in [0.25, 0.3) is 5.57 Å². The Bertz CT molecular complexity index is 660. The van der Waals surface area contributed by atoms with Gasteiger partial charge in [0, 0.05) is 17.5 Å². The minimum absolute atomic E-state index is 0.223. The summed E-state index contributed by atoms with van der Waals surface area (Å²) in [4.78, 5) is 4.51. The van der Waals surface area contributed by atoms with E-state index in [0.29, 0.717) is 18.3 Å². The molecule has 0 fully saturated rings. The molecule has 1 aliphatic rings. The molecule has 0 saturated carbocycles. The van der Waals surface area contributed by atoms with Gasteiger partial charge in [-0.25, -0.2) is 4.98 Å². The van der Waals surface area contributed by atoms with Crippen LogP contribution in [-0.4, -0.2) is 11.7 Å². The van der Waals surface area contributed by atoms with E-state index in [1.165, 1.54) is 27.3 Å². The standard InChI is InChI=1S/C19H22FNS/c1-13(7-8-20)11-16-12-15-5-3-4-6-17(15)18(16)14(2)19-21-9-10-22-19/h3-6,9-10,13-14H,7-8,11-12H2,1-2H3. The molecule has 3 heteroatoms. The predicted molar refractivity (Wildman–Crippen MR) is 92.0 cm³/mol. The van der Waals surface area contributed by atoms with E-state index in [1.807, 2.05) is 11.6 Å². The molecular weight excluding hydrogens is 293 g/mol. The van der Waals surface area contributed by atoms with Gasteiger partial charge in [-0.3, -0.25) is 4.39 Å². The first-order valence-corrected chi connectivity index (χ1v) is 8.84. The van der Waals surface area contributed by atoms with Crippen LogP contribution in [0.3, 0.4) is 0 Å². The Morgan fingerprint density at radius 3 is 2.82 bits per heavy atom. The average Bonchev–Trinajstić information content (AvgIpc) is 3.14. The lowest BCUT2D eigenvalue weighted by Gasteiger charge is -2.17. The summed E-state index contributed by atoms with van der Waals surface area (Å²) in [5, 5.41) is 3.21. The largest absolute Gasteiger partial charge is 0.251 e. The molecule has 1 heterocycles. The number of rotatable bonds is 6. The van der Waals surface area contributed by atoms with Crippen molar-refractivity contribution in [2.24, 2.45) is 5.92 Å². The van der Waals surface area contributed by atoms with Gasteiger partial charge in [-0.15, -0.1) is 11.3 Å². The van der Waals surface area contributed by atoms with Gasteiger partial charge in [0.05, 0.1) is 11.7 Å². The molecule has 0 aliphatic heterocycles. The van der Waals surface area contributed by atoms with E-state index in [1.54, 1.807) is 11.3 Å². The number of fused-ring (bicyclic) bond motifs is 1. The van der Waals surface area contributed by atoms with Crippen molar-refractivity contribution in [2.75, 3.05) is 6.67 Å². The highest BCUT2D eigenvalue weighted by atomic mass is 32.1. The van der Waals surface area contributed by atoms with E-state index in [4.69, 9.17) is 0 Å². The lowest BCUT2D eigenvalue weighted by atomic mass is 9.89. The molecule has 1 nitrogen and oxygen atoms in total. The van der Waals surface area contributed by atoms with Crippen molar-refractivity contribution in [1.29, 1.82) is 0 Å². The molecule has 3 rings (SSSR count). The van der Waals surface area contributed by atoms with Gasteiger partial charge in [-0.05, 0) is 41.9 Å². The fourth-order valence-corrected chi connectivity index (χ4v) is 4.16. The van der Waals surface area contributed by atoms with Crippen molar-refractivity contribution >= 4 is 16.9 Å². The van der Waals surface area contributed by atoms with Crippen LogP contribution in [-0.2, 0) is 6.42 Å². The third-order valence-electron chi connectivity index (χ3n) is 4.54. The van der Waals surface area contributed by atoms with Crippen LogP contribution in [0.15, 0.2) is 41.4 Å². The molecule has 2 aromatic rings. The zero-order chi connectivity index (χ0) is 15.5. The molecule has 1 aromatic heterocycles. The van der Waals surface area contributed by atoms with Crippen LogP contribution < -0.4 is 0 Å². The molecule has 22 heavy (non-hydrogen) atoms. The fourth-order valence-electron chi connectivity index (χ4n) is 3.46. The second-order valence-corrected chi connectivity index (χ2v) is 7.16. The lowest BCUT2D eigenvalue weighted by molar-refractivity contribution is 0.401. The lowest BCUT2D eigenvalue weighted by Crippen LogP contribution is -2.02. The molecule has 1 aliphatic carbocycles. The Kier molecular flexibility index (Phi) is 4.72. The third kappa shape index (κ3) is 3.00. The monoisotopic (exact) mass is 315 g/mol. The van der Waals surface area contributed by atoms with Gasteiger partial charge in [-0.1, -0.05) is 43.7 Å². The summed E-state index contributed by atoms with van der Waals surface area (Å²) in [5.74, 6) is 0.712. The van der Waals surface area contributed by atoms with E-state index >= 15 is 0 Å². The SMILES string of the molecule is CC(CCF)CC1=C(C(C)c2nccs2)c2ccccc2C1. The Balaban J connectivity index is 1.96. The van der Waals surface area contributed by atoms with E-state index in [9.17, 15) is 4.39 Å². The summed E-state index contributed by atoms with van der Waals surface area (Å²) in [6, 6.07) is 8.66. The molecule has 2 atom stereocenters. The second kappa shape index (κ2) is 6.74. The van der Waals surface area contributed by atoms with Crippen molar-refractivity contribution in [3.8, 4) is 0 Å². The maximum Gasteiger partial charge on any atom is 0.0997 e. The van der Waals surface area contributed by atoms with Gasteiger partial charge in [0.1, 0.15) is 0 Å². The fraction of sp³-hybridized carbons (Fsp3) is 0.421. The van der Waals surface area contributed by atoms with Crippen molar-refractivity contribution in [2.45, 2.75) is 39.0 Å². The smallest absolute Gasteiger partial charge is 0.0997 e. The van der Waals surface area contributed by atoms with Crippen molar-refractivity contribution in [3.63, 3.8) is 0 Å². The van der Waals surface area contributed by atoms with Gasteiger partial charge in [0.25, 0.3) is 0 Å². The first-order valence-electron chi connectivity index (χ1n) is 7.96. The topological polar surface area (TPSA) is 12.9 Å². The molecule has 0 amide bonds. The first kappa shape index (κ1) is 15.4. The molecule has 0 N–H and O–H groups in total. The quantitative estimate of drug-likeness (QED) is 0.672. The van der Waals surface area contributed by atoms with E-state index < -0.39 is 0 Å². The maximum atomic E-state index is 12.6. The van der Waals surface area contributed by atoms with Crippen LogP contribution in [0, 0.1) is 5.92 Å². The molecule has 0 radical (unpaired) electrons. The minimum Gasteiger partial charge on any atom is -0.251 e. The number of hydrogen-bond acceptors (Lipinski definition) is 2. The zero-order valence-corrected chi connectivity index (χ0v) is 14.0. The van der Waals surface area contributed by atoms with E-state index in [0.717, 1.165) is 12.8 Å². The van der Waals surface area contributed by atoms with Gasteiger partial charge >= 0.3 is 0 Å². The van der Waals surface area contributed by atoms with Gasteiger partial charge in [-0.2, -0.15) is 0 Å². The van der Waals surface area contributed by atoms with Crippen LogP contribution >= 0.6 is 11.3 Å². The van der Waals surface area contributed by atoms with Crippen LogP contribution in [0.1, 0.15) is 48.7 Å². The molecule has 0 saturated heterocycles. The summed E-state index contributed by atoms with van der Waals surface area (Å²) >= 11 is 1.72. The third-order valence-corrected chi connectivity index (χ3v) is 5.50. The molecule has 0 spiro atoms. The predicted octanol–water partition coefficient (Wildman–Crippen LogP) is 5.64. The molecule has 0 bridgehead atoms. The molecule has 2 unspecified atom stereocenters. The average molecular weight is 315 g/mol. The second-order valence-electron chi connectivity index (χ2n) is 6.23. The number of aromatic nitrogens is 1. The van der Waals surface area contributed by atoms with Gasteiger partial charge in [0.15, 0.2) is 0 Å². The molecular formula is C19H22FNS. The van der Waals surface area contributed by atoms with E-state index in [2.05, 4.69) is 43.1 Å². The van der Waals surface area contributed by atoms with Gasteiger partial charge in [0.2, 0.25) is 0 Å². The van der Waals surface area contributed by atoms with Crippen LogP contribution in [0.5, 0.6) is 0 Å². The highest BCUT2D eigenvalue weighted by molar-refractivity contribution is 7.09. The number of hydrogen-bond donors (Lipinski definition) is 0. The minimum atomic E-state index is -0.223. The normalized spacial score (nSPS) is 16.7. The number of allylic oxidation sites excluding steroid dienone is 2. The van der Waals surface area contributed by atoms with Crippen LogP contribution in [0.4, 0.5) is 4.39 Å². The van der Waals surface area contributed by atoms with E-state index in [-0.39, 0.29) is 6.67 Å².